The summed E-state index contributed by atoms with van der Waals surface area (Å²) in [6.07, 6.45) is 0.333. The Bertz CT molecular complexity index is 469. The Kier molecular flexibility index (Phi) is 2.67. The van der Waals surface area contributed by atoms with Crippen molar-refractivity contribution in [2.24, 2.45) is 17.3 Å². The van der Waals surface area contributed by atoms with Gasteiger partial charge in [-0.1, -0.05) is 25.7 Å². The number of aliphatic hydroxyl groups excluding tert-OH is 2. The van der Waals surface area contributed by atoms with E-state index < -0.39 is 23.6 Å². The lowest BCUT2D eigenvalue weighted by atomic mass is 9.53. The number of fused-ring (bicyclic) bond motifs is 2. The molecule has 2 saturated carbocycles. The fourth-order valence-electron chi connectivity index (χ4n) is 4.26. The zero-order valence-electron chi connectivity index (χ0n) is 11.1. The van der Waals surface area contributed by atoms with Gasteiger partial charge < -0.3 is 14.9 Å². The van der Waals surface area contributed by atoms with Crippen molar-refractivity contribution < 1.29 is 19.7 Å². The molecule has 104 valence electrons. The maximum absolute atomic E-state index is 11.6. The van der Waals surface area contributed by atoms with Gasteiger partial charge >= 0.3 is 5.97 Å². The summed E-state index contributed by atoms with van der Waals surface area (Å²) >= 11 is 0. The summed E-state index contributed by atoms with van der Waals surface area (Å²) in [6, 6.07) is 0. The van der Waals surface area contributed by atoms with Crippen LogP contribution >= 0.6 is 0 Å². The Labute approximate surface area is 112 Å². The van der Waals surface area contributed by atoms with Crippen molar-refractivity contribution in [1.29, 1.82) is 0 Å². The van der Waals surface area contributed by atoms with Crippen molar-refractivity contribution in [2.45, 2.75) is 44.5 Å². The summed E-state index contributed by atoms with van der Waals surface area (Å²) in [5.74, 6) is -0.965. The minimum absolute atomic E-state index is 0.191. The lowest BCUT2D eigenvalue weighted by Gasteiger charge is -2.54. The van der Waals surface area contributed by atoms with E-state index in [1.165, 1.54) is 0 Å². The van der Waals surface area contributed by atoms with E-state index in [9.17, 15) is 15.0 Å². The largest absolute Gasteiger partial charge is 0.458 e. The molecule has 0 amide bonds. The Morgan fingerprint density at radius 2 is 2.05 bits per heavy atom. The second-order valence-electron chi connectivity index (χ2n) is 6.39. The number of ether oxygens (including phenoxy) is 1. The predicted molar refractivity (Wildman–Crippen MR) is 69.1 cm³/mol. The molecular weight excluding hydrogens is 244 g/mol. The number of esters is 1. The van der Waals surface area contributed by atoms with Crippen LogP contribution < -0.4 is 0 Å². The quantitative estimate of drug-likeness (QED) is 0.392. The molecule has 4 heteroatoms. The zero-order chi connectivity index (χ0) is 13.9. The van der Waals surface area contributed by atoms with Gasteiger partial charge in [0.15, 0.2) is 0 Å². The topological polar surface area (TPSA) is 66.8 Å². The van der Waals surface area contributed by atoms with Crippen molar-refractivity contribution in [3.8, 4) is 0 Å². The van der Waals surface area contributed by atoms with E-state index in [2.05, 4.69) is 13.2 Å². The number of hydrogen-bond acceptors (Lipinski definition) is 4. The van der Waals surface area contributed by atoms with Gasteiger partial charge in [0.05, 0.1) is 18.1 Å². The smallest absolute Gasteiger partial charge is 0.334 e. The van der Waals surface area contributed by atoms with Crippen LogP contribution in [0.2, 0.25) is 0 Å². The van der Waals surface area contributed by atoms with Crippen LogP contribution in [0.5, 0.6) is 0 Å². The van der Waals surface area contributed by atoms with Gasteiger partial charge in [-0.3, -0.25) is 0 Å². The second-order valence-corrected chi connectivity index (χ2v) is 6.39. The van der Waals surface area contributed by atoms with Gasteiger partial charge in [0.1, 0.15) is 6.10 Å². The molecule has 1 heterocycles. The molecular formula is C15H20O4. The summed E-state index contributed by atoms with van der Waals surface area (Å²) in [6.45, 7) is 9.77. The van der Waals surface area contributed by atoms with Crippen LogP contribution in [0.15, 0.2) is 24.3 Å². The SMILES string of the molecule is C=C1C(=O)O[C@H]2C[C@@]3(C)[C@H](O)CCC(=C)[C@H]3[C@@H](O)[C@H]12. The van der Waals surface area contributed by atoms with Gasteiger partial charge in [-0.25, -0.2) is 4.79 Å². The third-order valence-electron chi connectivity index (χ3n) is 5.32. The summed E-state index contributed by atoms with van der Waals surface area (Å²) in [7, 11) is 0. The average Bonchev–Trinajstić information content (AvgIpc) is 2.60. The molecule has 1 aliphatic heterocycles. The van der Waals surface area contributed by atoms with E-state index in [0.29, 0.717) is 18.4 Å². The molecule has 6 atom stereocenters. The summed E-state index contributed by atoms with van der Waals surface area (Å²) in [4.78, 5) is 11.6. The predicted octanol–water partition coefficient (Wildman–Crippen LogP) is 1.18. The second kappa shape index (κ2) is 3.93. The summed E-state index contributed by atoms with van der Waals surface area (Å²) < 4.78 is 5.31. The van der Waals surface area contributed by atoms with Crippen LogP contribution in [0.4, 0.5) is 0 Å². The first-order valence-electron chi connectivity index (χ1n) is 6.80. The normalized spacial score (nSPS) is 49.6. The fraction of sp³-hybridized carbons (Fsp3) is 0.667. The van der Waals surface area contributed by atoms with E-state index in [4.69, 9.17) is 4.74 Å². The Hall–Kier alpha value is -1.13. The minimum atomic E-state index is -0.745. The maximum Gasteiger partial charge on any atom is 0.334 e. The number of carbonyl (C=O) groups is 1. The molecule has 2 N–H and O–H groups in total. The molecule has 19 heavy (non-hydrogen) atoms. The molecule has 0 unspecified atom stereocenters. The molecule has 3 fully saturated rings. The Morgan fingerprint density at radius 3 is 2.74 bits per heavy atom. The maximum atomic E-state index is 11.6. The molecule has 2 aliphatic carbocycles. The van der Waals surface area contributed by atoms with E-state index in [1.807, 2.05) is 6.92 Å². The highest BCUT2D eigenvalue weighted by atomic mass is 16.6. The lowest BCUT2D eigenvalue weighted by molar-refractivity contribution is -0.157. The molecule has 0 spiro atoms. The monoisotopic (exact) mass is 264 g/mol. The van der Waals surface area contributed by atoms with Gasteiger partial charge in [0.2, 0.25) is 0 Å². The van der Waals surface area contributed by atoms with Crippen molar-refractivity contribution in [3.05, 3.63) is 24.3 Å². The van der Waals surface area contributed by atoms with Crippen LogP contribution in [0.1, 0.15) is 26.2 Å². The number of carbonyl (C=O) groups excluding carboxylic acids is 1. The Morgan fingerprint density at radius 1 is 1.37 bits per heavy atom. The van der Waals surface area contributed by atoms with E-state index in [1.54, 1.807) is 0 Å². The zero-order valence-corrected chi connectivity index (χ0v) is 11.1. The lowest BCUT2D eigenvalue weighted by Crippen LogP contribution is -2.57. The molecule has 0 aromatic heterocycles. The molecule has 0 aromatic rings. The molecule has 3 rings (SSSR count). The van der Waals surface area contributed by atoms with Gasteiger partial charge in [-0.05, 0) is 19.3 Å². The molecule has 4 nitrogen and oxygen atoms in total. The van der Waals surface area contributed by atoms with Crippen LogP contribution in [-0.2, 0) is 9.53 Å². The van der Waals surface area contributed by atoms with E-state index in [-0.39, 0.29) is 17.9 Å². The first kappa shape index (κ1) is 12.9. The van der Waals surface area contributed by atoms with Crippen LogP contribution in [0.25, 0.3) is 0 Å². The number of hydrogen-bond donors (Lipinski definition) is 2. The van der Waals surface area contributed by atoms with Crippen molar-refractivity contribution in [1.82, 2.24) is 0 Å². The molecule has 0 aromatic carbocycles. The van der Waals surface area contributed by atoms with Gasteiger partial charge in [-0.2, -0.15) is 0 Å². The van der Waals surface area contributed by atoms with E-state index in [0.717, 1.165) is 12.0 Å². The van der Waals surface area contributed by atoms with Crippen molar-refractivity contribution >= 4 is 5.97 Å². The average molecular weight is 264 g/mol. The first-order chi connectivity index (χ1) is 8.86. The van der Waals surface area contributed by atoms with Gasteiger partial charge in [0, 0.05) is 16.9 Å². The third-order valence-corrected chi connectivity index (χ3v) is 5.32. The molecule has 3 aliphatic rings. The summed E-state index contributed by atoms with van der Waals surface area (Å²) in [5, 5.41) is 21.0. The minimum Gasteiger partial charge on any atom is -0.458 e. The van der Waals surface area contributed by atoms with Gasteiger partial charge in [-0.15, -0.1) is 0 Å². The highest BCUT2D eigenvalue weighted by molar-refractivity contribution is 5.91. The standard InChI is InChI=1S/C15H20O4/c1-7-4-5-10(16)15(3)6-9-11(13(17)12(7)15)8(2)14(18)19-9/h9-13,16-17H,1-2,4-6H2,3H3/t9-,10+,11+,12-,13-,15-/m0/s1. The molecule has 1 saturated heterocycles. The van der Waals surface area contributed by atoms with Crippen LogP contribution in [-0.4, -0.2) is 34.5 Å². The summed E-state index contributed by atoms with van der Waals surface area (Å²) in [5.41, 5.74) is 0.846. The Balaban J connectivity index is 2.02. The third kappa shape index (κ3) is 1.56. The first-order valence-corrected chi connectivity index (χ1v) is 6.80. The van der Waals surface area contributed by atoms with Gasteiger partial charge in [0.25, 0.3) is 0 Å². The van der Waals surface area contributed by atoms with Crippen LogP contribution in [0, 0.1) is 17.3 Å². The van der Waals surface area contributed by atoms with Crippen LogP contribution in [0.3, 0.4) is 0 Å². The molecule has 0 radical (unpaired) electrons. The fourth-order valence-corrected chi connectivity index (χ4v) is 4.26. The molecule has 0 bridgehead atoms. The van der Waals surface area contributed by atoms with Crippen molar-refractivity contribution in [2.75, 3.05) is 0 Å². The number of rotatable bonds is 0. The van der Waals surface area contributed by atoms with Crippen molar-refractivity contribution in [3.63, 3.8) is 0 Å². The number of aliphatic hydroxyl groups is 2. The van der Waals surface area contributed by atoms with E-state index >= 15 is 0 Å². The highest BCUT2D eigenvalue weighted by Crippen LogP contribution is 2.56. The highest BCUT2D eigenvalue weighted by Gasteiger charge is 2.60.